The predicted octanol–water partition coefficient (Wildman–Crippen LogP) is 3.35. The van der Waals surface area contributed by atoms with Crippen LogP contribution in [0, 0.1) is 5.82 Å². The number of hydrogen-bond acceptors (Lipinski definition) is 1. The summed E-state index contributed by atoms with van der Waals surface area (Å²) in [6, 6.07) is 4.82. The van der Waals surface area contributed by atoms with E-state index in [4.69, 9.17) is 11.6 Å². The molecule has 0 amide bonds. The van der Waals surface area contributed by atoms with Crippen molar-refractivity contribution in [3.8, 4) is 0 Å². The van der Waals surface area contributed by atoms with E-state index in [0.717, 1.165) is 10.9 Å². The molecule has 0 bridgehead atoms. The third kappa shape index (κ3) is 3.56. The van der Waals surface area contributed by atoms with Crippen molar-refractivity contribution in [3.05, 3.63) is 34.6 Å². The number of benzene rings is 1. The van der Waals surface area contributed by atoms with Crippen LogP contribution >= 0.6 is 27.5 Å². The van der Waals surface area contributed by atoms with Gasteiger partial charge in [-0.25, -0.2) is 4.39 Å². The summed E-state index contributed by atoms with van der Waals surface area (Å²) in [5, 5.41) is 4.61. The summed E-state index contributed by atoms with van der Waals surface area (Å²) in [5.41, 5.74) is 0.917. The van der Waals surface area contributed by atoms with E-state index in [-0.39, 0.29) is 5.82 Å². The molecule has 0 fully saturated rings. The minimum atomic E-state index is -0.299. The molecular formula is C10H12BrClFN. The van der Waals surface area contributed by atoms with Crippen molar-refractivity contribution >= 4 is 27.5 Å². The molecule has 4 heteroatoms. The molecule has 0 radical (unpaired) electrons. The summed E-state index contributed by atoms with van der Waals surface area (Å²) in [6.45, 7) is 2.72. The van der Waals surface area contributed by atoms with E-state index in [9.17, 15) is 4.39 Å². The maximum absolute atomic E-state index is 12.7. The van der Waals surface area contributed by atoms with Crippen LogP contribution in [0.5, 0.6) is 0 Å². The Bertz CT molecular complexity index is 306. The molecule has 1 N–H and O–H groups in total. The van der Waals surface area contributed by atoms with Gasteiger partial charge < -0.3 is 5.32 Å². The van der Waals surface area contributed by atoms with Gasteiger partial charge >= 0.3 is 0 Å². The lowest BCUT2D eigenvalue weighted by molar-refractivity contribution is 0.595. The van der Waals surface area contributed by atoms with Crippen molar-refractivity contribution in [1.82, 2.24) is 5.32 Å². The Morgan fingerprint density at radius 1 is 1.57 bits per heavy atom. The van der Waals surface area contributed by atoms with E-state index < -0.39 is 0 Å². The summed E-state index contributed by atoms with van der Waals surface area (Å²) in [6.07, 6.45) is 0. The fourth-order valence-electron chi connectivity index (χ4n) is 1.00. The largest absolute Gasteiger partial charge is 0.309 e. The zero-order valence-electron chi connectivity index (χ0n) is 7.86. The van der Waals surface area contributed by atoms with Crippen LogP contribution in [0.25, 0.3) is 0 Å². The molecule has 0 saturated carbocycles. The minimum absolute atomic E-state index is 0.299. The van der Waals surface area contributed by atoms with Crippen molar-refractivity contribution in [2.24, 2.45) is 0 Å². The second-order valence-corrected chi connectivity index (χ2v) is 4.23. The molecule has 14 heavy (non-hydrogen) atoms. The summed E-state index contributed by atoms with van der Waals surface area (Å²) < 4.78 is 12.7. The molecule has 1 unspecified atom stereocenters. The molecule has 0 aliphatic heterocycles. The van der Waals surface area contributed by atoms with Gasteiger partial charge in [0.2, 0.25) is 0 Å². The number of rotatable bonds is 4. The highest BCUT2D eigenvalue weighted by Crippen LogP contribution is 2.16. The molecule has 0 aromatic heterocycles. The number of nitrogens with one attached hydrogen (secondary N) is 1. The van der Waals surface area contributed by atoms with Gasteiger partial charge in [-0.2, -0.15) is 0 Å². The standard InChI is InChI=1S/C10H12BrClFN/c1-7(5-11)14-6-8-2-3-9(13)4-10(8)12/h2-4,7,14H,5-6H2,1H3. The molecule has 0 aliphatic carbocycles. The topological polar surface area (TPSA) is 12.0 Å². The van der Waals surface area contributed by atoms with Crippen molar-refractivity contribution in [2.75, 3.05) is 5.33 Å². The molecule has 1 rings (SSSR count). The van der Waals surface area contributed by atoms with Gasteiger partial charge in [-0.05, 0) is 24.6 Å². The summed E-state index contributed by atoms with van der Waals surface area (Å²) in [7, 11) is 0. The Morgan fingerprint density at radius 3 is 2.86 bits per heavy atom. The van der Waals surface area contributed by atoms with Crippen LogP contribution < -0.4 is 5.32 Å². The average Bonchev–Trinajstić information content (AvgIpc) is 2.16. The highest BCUT2D eigenvalue weighted by molar-refractivity contribution is 9.09. The Labute approximate surface area is 96.8 Å². The second kappa shape index (κ2) is 5.69. The van der Waals surface area contributed by atoms with E-state index in [2.05, 4.69) is 28.2 Å². The Morgan fingerprint density at radius 2 is 2.29 bits per heavy atom. The Hall–Kier alpha value is -0.120. The van der Waals surface area contributed by atoms with E-state index in [1.807, 2.05) is 0 Å². The molecule has 1 aromatic rings. The van der Waals surface area contributed by atoms with E-state index >= 15 is 0 Å². The van der Waals surface area contributed by atoms with Crippen LogP contribution in [0.2, 0.25) is 5.02 Å². The Kier molecular flexibility index (Phi) is 4.85. The summed E-state index contributed by atoms with van der Waals surface area (Å²) in [5.74, 6) is -0.299. The lowest BCUT2D eigenvalue weighted by atomic mass is 10.2. The smallest absolute Gasteiger partial charge is 0.124 e. The second-order valence-electron chi connectivity index (χ2n) is 3.17. The first-order chi connectivity index (χ1) is 6.63. The first kappa shape index (κ1) is 12.0. The number of alkyl halides is 1. The fourth-order valence-corrected chi connectivity index (χ4v) is 1.47. The van der Waals surface area contributed by atoms with E-state index in [1.165, 1.54) is 12.1 Å². The van der Waals surface area contributed by atoms with Crippen LogP contribution in [-0.4, -0.2) is 11.4 Å². The highest BCUT2D eigenvalue weighted by atomic mass is 79.9. The molecule has 0 spiro atoms. The SMILES string of the molecule is CC(CBr)NCc1ccc(F)cc1Cl. The maximum Gasteiger partial charge on any atom is 0.124 e. The number of halogens is 3. The van der Waals surface area contributed by atoms with E-state index in [1.54, 1.807) is 6.07 Å². The molecule has 0 saturated heterocycles. The van der Waals surface area contributed by atoms with Crippen LogP contribution in [0.1, 0.15) is 12.5 Å². The molecule has 1 aromatic carbocycles. The average molecular weight is 281 g/mol. The highest BCUT2D eigenvalue weighted by Gasteiger charge is 2.03. The number of hydrogen-bond donors (Lipinski definition) is 1. The third-order valence-corrected chi connectivity index (χ3v) is 3.21. The zero-order valence-corrected chi connectivity index (χ0v) is 10.2. The van der Waals surface area contributed by atoms with Gasteiger partial charge in [0.25, 0.3) is 0 Å². The summed E-state index contributed by atoms with van der Waals surface area (Å²) >= 11 is 9.23. The van der Waals surface area contributed by atoms with Crippen molar-refractivity contribution in [3.63, 3.8) is 0 Å². The van der Waals surface area contributed by atoms with Crippen LogP contribution in [-0.2, 0) is 6.54 Å². The molecule has 1 atom stereocenters. The Balaban J connectivity index is 2.59. The molecular weight excluding hydrogens is 268 g/mol. The van der Waals surface area contributed by atoms with Crippen molar-refractivity contribution < 1.29 is 4.39 Å². The molecule has 78 valence electrons. The predicted molar refractivity (Wildman–Crippen MR) is 61.5 cm³/mol. The third-order valence-electron chi connectivity index (χ3n) is 1.89. The van der Waals surface area contributed by atoms with Crippen LogP contribution in [0.15, 0.2) is 18.2 Å². The lowest BCUT2D eigenvalue weighted by Crippen LogP contribution is -2.26. The summed E-state index contributed by atoms with van der Waals surface area (Å²) in [4.78, 5) is 0. The zero-order chi connectivity index (χ0) is 10.6. The van der Waals surface area contributed by atoms with Crippen molar-refractivity contribution in [1.29, 1.82) is 0 Å². The molecule has 0 aliphatic rings. The van der Waals surface area contributed by atoms with Gasteiger partial charge in [-0.1, -0.05) is 33.6 Å². The van der Waals surface area contributed by atoms with Crippen molar-refractivity contribution in [2.45, 2.75) is 19.5 Å². The van der Waals surface area contributed by atoms with Gasteiger partial charge in [0, 0.05) is 22.9 Å². The normalized spacial score (nSPS) is 12.9. The van der Waals surface area contributed by atoms with E-state index in [0.29, 0.717) is 17.6 Å². The van der Waals surface area contributed by atoms with Crippen LogP contribution in [0.3, 0.4) is 0 Å². The van der Waals surface area contributed by atoms with Crippen LogP contribution in [0.4, 0.5) is 4.39 Å². The lowest BCUT2D eigenvalue weighted by Gasteiger charge is -2.11. The van der Waals surface area contributed by atoms with Gasteiger partial charge in [0.1, 0.15) is 5.82 Å². The van der Waals surface area contributed by atoms with Gasteiger partial charge in [0.05, 0.1) is 0 Å². The van der Waals surface area contributed by atoms with Gasteiger partial charge in [-0.15, -0.1) is 0 Å². The monoisotopic (exact) mass is 279 g/mol. The maximum atomic E-state index is 12.7. The fraction of sp³-hybridized carbons (Fsp3) is 0.400. The first-order valence-corrected chi connectivity index (χ1v) is 5.86. The molecule has 1 nitrogen and oxygen atoms in total. The quantitative estimate of drug-likeness (QED) is 0.834. The van der Waals surface area contributed by atoms with Gasteiger partial charge in [-0.3, -0.25) is 0 Å². The first-order valence-electron chi connectivity index (χ1n) is 4.36. The van der Waals surface area contributed by atoms with Gasteiger partial charge in [0.15, 0.2) is 0 Å². The molecule has 0 heterocycles. The minimum Gasteiger partial charge on any atom is -0.309 e.